The molecule has 1 N–H and O–H groups in total. The Hall–Kier alpha value is -0.820. The quantitative estimate of drug-likeness (QED) is 0.768. The van der Waals surface area contributed by atoms with E-state index < -0.39 is 0 Å². The Morgan fingerprint density at radius 1 is 1.25 bits per heavy atom. The van der Waals surface area contributed by atoms with E-state index in [9.17, 15) is 0 Å². The highest BCUT2D eigenvalue weighted by Gasteiger charge is 2.17. The zero-order valence-corrected chi connectivity index (χ0v) is 11.1. The molecule has 1 heteroatoms. The third-order valence-corrected chi connectivity index (χ3v) is 3.42. The van der Waals surface area contributed by atoms with Gasteiger partial charge < -0.3 is 5.32 Å². The van der Waals surface area contributed by atoms with Crippen LogP contribution in [0.25, 0.3) is 0 Å². The Balaban J connectivity index is 2.82. The first-order valence-electron chi connectivity index (χ1n) is 6.46. The highest BCUT2D eigenvalue weighted by Crippen LogP contribution is 2.26. The van der Waals surface area contributed by atoms with Crippen LogP contribution >= 0.6 is 0 Å². The second-order valence-corrected chi connectivity index (χ2v) is 4.71. The van der Waals surface area contributed by atoms with Crippen molar-refractivity contribution in [2.75, 3.05) is 13.1 Å². The molecule has 2 unspecified atom stereocenters. The monoisotopic (exact) mass is 219 g/mol. The van der Waals surface area contributed by atoms with Gasteiger partial charge in [0.15, 0.2) is 0 Å². The van der Waals surface area contributed by atoms with Gasteiger partial charge in [-0.15, -0.1) is 0 Å². The van der Waals surface area contributed by atoms with Gasteiger partial charge >= 0.3 is 0 Å². The molecule has 0 heterocycles. The average Bonchev–Trinajstić information content (AvgIpc) is 2.29. The van der Waals surface area contributed by atoms with Gasteiger partial charge in [0.2, 0.25) is 0 Å². The summed E-state index contributed by atoms with van der Waals surface area (Å²) in [5, 5.41) is 3.48. The van der Waals surface area contributed by atoms with Crippen molar-refractivity contribution < 1.29 is 0 Å². The smallest absolute Gasteiger partial charge is 0.00226 e. The van der Waals surface area contributed by atoms with Crippen molar-refractivity contribution in [1.82, 2.24) is 5.32 Å². The zero-order chi connectivity index (χ0) is 12.0. The van der Waals surface area contributed by atoms with E-state index in [1.165, 1.54) is 17.5 Å². The van der Waals surface area contributed by atoms with Crippen molar-refractivity contribution in [3.63, 3.8) is 0 Å². The third kappa shape index (κ3) is 3.64. The highest BCUT2D eigenvalue weighted by atomic mass is 14.8. The van der Waals surface area contributed by atoms with Crippen molar-refractivity contribution in [3.05, 3.63) is 35.4 Å². The summed E-state index contributed by atoms with van der Waals surface area (Å²) in [6.45, 7) is 11.1. The van der Waals surface area contributed by atoms with Crippen LogP contribution in [0, 0.1) is 12.8 Å². The molecule has 16 heavy (non-hydrogen) atoms. The summed E-state index contributed by atoms with van der Waals surface area (Å²) in [5.41, 5.74) is 2.85. The Morgan fingerprint density at radius 2 is 2.00 bits per heavy atom. The molecule has 0 aliphatic rings. The molecular weight excluding hydrogens is 194 g/mol. The molecule has 0 bridgehead atoms. The highest BCUT2D eigenvalue weighted by molar-refractivity contribution is 5.26. The van der Waals surface area contributed by atoms with Crippen LogP contribution in [0.15, 0.2) is 24.3 Å². The molecule has 2 atom stereocenters. The Labute approximate surface area is 100 Å². The van der Waals surface area contributed by atoms with Gasteiger partial charge in [0, 0.05) is 6.54 Å². The fourth-order valence-corrected chi connectivity index (χ4v) is 2.13. The number of rotatable bonds is 6. The number of aryl methyl sites for hydroxylation is 1. The Morgan fingerprint density at radius 3 is 2.56 bits per heavy atom. The van der Waals surface area contributed by atoms with Gasteiger partial charge in [-0.3, -0.25) is 0 Å². The van der Waals surface area contributed by atoms with Gasteiger partial charge in [-0.05, 0) is 30.9 Å². The van der Waals surface area contributed by atoms with Crippen LogP contribution in [0.2, 0.25) is 0 Å². The Bertz CT molecular complexity index is 306. The average molecular weight is 219 g/mol. The van der Waals surface area contributed by atoms with Crippen LogP contribution in [0.1, 0.15) is 44.2 Å². The van der Waals surface area contributed by atoms with E-state index in [1.54, 1.807) is 0 Å². The second-order valence-electron chi connectivity index (χ2n) is 4.71. The normalized spacial score (nSPS) is 14.8. The van der Waals surface area contributed by atoms with Gasteiger partial charge in [-0.25, -0.2) is 0 Å². The van der Waals surface area contributed by atoms with Crippen molar-refractivity contribution in [2.45, 2.75) is 40.0 Å². The summed E-state index contributed by atoms with van der Waals surface area (Å²) in [6.07, 6.45) is 1.24. The Kier molecular flexibility index (Phi) is 5.54. The fraction of sp³-hybridized carbons (Fsp3) is 0.600. The first kappa shape index (κ1) is 13.2. The van der Waals surface area contributed by atoms with Crippen LogP contribution < -0.4 is 5.32 Å². The topological polar surface area (TPSA) is 12.0 Å². The molecule has 1 aromatic rings. The van der Waals surface area contributed by atoms with Gasteiger partial charge in [0.05, 0.1) is 0 Å². The summed E-state index contributed by atoms with van der Waals surface area (Å²) in [7, 11) is 0. The van der Waals surface area contributed by atoms with E-state index in [2.05, 4.69) is 57.3 Å². The van der Waals surface area contributed by atoms with Crippen molar-refractivity contribution >= 4 is 0 Å². The lowest BCUT2D eigenvalue weighted by Gasteiger charge is -2.24. The van der Waals surface area contributed by atoms with Crippen molar-refractivity contribution in [3.8, 4) is 0 Å². The molecule has 1 nitrogen and oxygen atoms in total. The number of likely N-dealkylation sites (N-methyl/N-ethyl adjacent to an activating group) is 1. The summed E-state index contributed by atoms with van der Waals surface area (Å²) in [4.78, 5) is 0. The van der Waals surface area contributed by atoms with Gasteiger partial charge in [0.1, 0.15) is 0 Å². The molecule has 1 rings (SSSR count). The fourth-order valence-electron chi connectivity index (χ4n) is 2.13. The minimum atomic E-state index is 0.643. The van der Waals surface area contributed by atoms with E-state index in [0.717, 1.165) is 19.0 Å². The van der Waals surface area contributed by atoms with E-state index in [0.29, 0.717) is 5.92 Å². The molecule has 0 spiro atoms. The number of hydrogen-bond donors (Lipinski definition) is 1. The summed E-state index contributed by atoms with van der Waals surface area (Å²) in [6, 6.07) is 8.94. The van der Waals surface area contributed by atoms with Crippen LogP contribution in [0.5, 0.6) is 0 Å². The molecule has 0 saturated heterocycles. The van der Waals surface area contributed by atoms with Gasteiger partial charge in [-0.2, -0.15) is 0 Å². The molecule has 0 amide bonds. The SMILES string of the molecule is CCNCC(c1cccc(C)c1)C(C)CC. The molecule has 1 aromatic carbocycles. The summed E-state index contributed by atoms with van der Waals surface area (Å²) >= 11 is 0. The largest absolute Gasteiger partial charge is 0.316 e. The summed E-state index contributed by atoms with van der Waals surface area (Å²) in [5.74, 6) is 1.38. The van der Waals surface area contributed by atoms with Crippen molar-refractivity contribution in [1.29, 1.82) is 0 Å². The number of hydrogen-bond acceptors (Lipinski definition) is 1. The zero-order valence-electron chi connectivity index (χ0n) is 11.1. The first-order chi connectivity index (χ1) is 7.69. The van der Waals surface area contributed by atoms with Crippen molar-refractivity contribution in [2.24, 2.45) is 5.92 Å². The van der Waals surface area contributed by atoms with E-state index >= 15 is 0 Å². The van der Waals surface area contributed by atoms with E-state index in [-0.39, 0.29) is 0 Å². The van der Waals surface area contributed by atoms with Gasteiger partial charge in [0.25, 0.3) is 0 Å². The maximum absolute atomic E-state index is 3.48. The first-order valence-corrected chi connectivity index (χ1v) is 6.46. The molecule has 0 aromatic heterocycles. The second kappa shape index (κ2) is 6.70. The number of benzene rings is 1. The maximum atomic E-state index is 3.48. The summed E-state index contributed by atoms with van der Waals surface area (Å²) < 4.78 is 0. The third-order valence-electron chi connectivity index (χ3n) is 3.42. The standard InChI is InChI=1S/C15H25N/c1-5-13(4)15(11-16-6-2)14-9-7-8-12(3)10-14/h7-10,13,15-16H,5-6,11H2,1-4H3. The molecule has 0 saturated carbocycles. The van der Waals surface area contributed by atoms with Crippen LogP contribution in [0.4, 0.5) is 0 Å². The lowest BCUT2D eigenvalue weighted by atomic mass is 9.85. The molecular formula is C15H25N. The van der Waals surface area contributed by atoms with Gasteiger partial charge in [-0.1, -0.05) is 57.0 Å². The predicted octanol–water partition coefficient (Wildman–Crippen LogP) is 3.73. The van der Waals surface area contributed by atoms with Crippen LogP contribution in [-0.4, -0.2) is 13.1 Å². The minimum Gasteiger partial charge on any atom is -0.316 e. The lowest BCUT2D eigenvalue weighted by Crippen LogP contribution is -2.25. The lowest BCUT2D eigenvalue weighted by molar-refractivity contribution is 0.424. The molecule has 0 aliphatic carbocycles. The molecule has 0 aliphatic heterocycles. The van der Waals surface area contributed by atoms with Crippen LogP contribution in [0.3, 0.4) is 0 Å². The predicted molar refractivity (Wildman–Crippen MR) is 71.9 cm³/mol. The molecule has 90 valence electrons. The molecule has 0 radical (unpaired) electrons. The number of nitrogens with one attached hydrogen (secondary N) is 1. The minimum absolute atomic E-state index is 0.643. The maximum Gasteiger partial charge on any atom is 0.00226 e. The molecule has 0 fully saturated rings. The van der Waals surface area contributed by atoms with E-state index in [1.807, 2.05) is 0 Å². The van der Waals surface area contributed by atoms with E-state index in [4.69, 9.17) is 0 Å². The van der Waals surface area contributed by atoms with Crippen LogP contribution in [-0.2, 0) is 0 Å².